The van der Waals surface area contributed by atoms with Gasteiger partial charge < -0.3 is 14.9 Å². The van der Waals surface area contributed by atoms with E-state index < -0.39 is 11.6 Å². The summed E-state index contributed by atoms with van der Waals surface area (Å²) >= 11 is 0. The topological polar surface area (TPSA) is 70.0 Å². The fourth-order valence-corrected chi connectivity index (χ4v) is 3.52. The number of carboxylic acid groups (broad SMARTS) is 1. The molecule has 0 aromatic carbocycles. The Morgan fingerprint density at radius 2 is 2.00 bits per heavy atom. The van der Waals surface area contributed by atoms with Crippen LogP contribution in [0.3, 0.4) is 0 Å². The van der Waals surface area contributed by atoms with Gasteiger partial charge in [-0.05, 0) is 44.6 Å². The molecule has 2 N–H and O–H groups in total. The van der Waals surface area contributed by atoms with E-state index in [0.29, 0.717) is 38.1 Å². The average molecular weight is 285 g/mol. The second kappa shape index (κ2) is 6.41. The van der Waals surface area contributed by atoms with Crippen molar-refractivity contribution < 1.29 is 19.7 Å². The van der Waals surface area contributed by atoms with Gasteiger partial charge in [0.05, 0.1) is 17.6 Å². The fraction of sp³-hybridized carbons (Fsp3) is 0.933. The summed E-state index contributed by atoms with van der Waals surface area (Å²) in [5.74, 6) is -0.435. The lowest BCUT2D eigenvalue weighted by Gasteiger charge is -2.42. The first-order valence-corrected chi connectivity index (χ1v) is 7.64. The van der Waals surface area contributed by atoms with Crippen LogP contribution in [-0.2, 0) is 9.53 Å². The molecule has 0 bridgehead atoms. The van der Waals surface area contributed by atoms with Crippen molar-refractivity contribution in [3.8, 4) is 0 Å². The second-order valence-electron chi connectivity index (χ2n) is 6.61. The molecule has 5 heteroatoms. The van der Waals surface area contributed by atoms with E-state index in [1.807, 2.05) is 0 Å². The number of hydrogen-bond donors (Lipinski definition) is 2. The number of nitrogens with zero attached hydrogens (tertiary/aromatic N) is 1. The minimum absolute atomic E-state index is 0.239. The first kappa shape index (κ1) is 15.7. The van der Waals surface area contributed by atoms with Crippen LogP contribution in [0.1, 0.15) is 39.0 Å². The molecule has 1 saturated carbocycles. The van der Waals surface area contributed by atoms with E-state index in [-0.39, 0.29) is 12.0 Å². The summed E-state index contributed by atoms with van der Waals surface area (Å²) in [6.07, 6.45) is 3.68. The van der Waals surface area contributed by atoms with Gasteiger partial charge in [-0.1, -0.05) is 6.92 Å². The Labute approximate surface area is 120 Å². The van der Waals surface area contributed by atoms with E-state index in [1.165, 1.54) is 0 Å². The Balaban J connectivity index is 1.85. The van der Waals surface area contributed by atoms with Crippen LogP contribution in [0.25, 0.3) is 0 Å². The van der Waals surface area contributed by atoms with Gasteiger partial charge in [0.1, 0.15) is 0 Å². The lowest BCUT2D eigenvalue weighted by molar-refractivity contribution is -0.145. The molecule has 2 aliphatic rings. The minimum Gasteiger partial charge on any atom is -0.481 e. The molecule has 1 saturated heterocycles. The largest absolute Gasteiger partial charge is 0.481 e. The van der Waals surface area contributed by atoms with Gasteiger partial charge in [0.25, 0.3) is 0 Å². The van der Waals surface area contributed by atoms with Crippen molar-refractivity contribution in [1.82, 2.24) is 4.90 Å². The predicted molar refractivity (Wildman–Crippen MR) is 75.6 cm³/mol. The predicted octanol–water partition coefficient (Wildman–Crippen LogP) is 1.35. The molecule has 2 unspecified atom stereocenters. The highest BCUT2D eigenvalue weighted by molar-refractivity contribution is 5.70. The molecule has 0 radical (unpaired) electrons. The Hall–Kier alpha value is -0.650. The maximum absolute atomic E-state index is 11.0. The molecule has 116 valence electrons. The van der Waals surface area contributed by atoms with Crippen molar-refractivity contribution in [2.75, 3.05) is 26.7 Å². The van der Waals surface area contributed by atoms with Crippen molar-refractivity contribution in [3.63, 3.8) is 0 Å². The molecule has 1 aliphatic heterocycles. The van der Waals surface area contributed by atoms with Crippen molar-refractivity contribution in [1.29, 1.82) is 0 Å². The summed E-state index contributed by atoms with van der Waals surface area (Å²) in [4.78, 5) is 13.2. The van der Waals surface area contributed by atoms with Gasteiger partial charge in [0.15, 0.2) is 0 Å². The molecule has 2 atom stereocenters. The summed E-state index contributed by atoms with van der Waals surface area (Å²) in [7, 11) is 1.75. The van der Waals surface area contributed by atoms with Crippen LogP contribution >= 0.6 is 0 Å². The van der Waals surface area contributed by atoms with Gasteiger partial charge in [0, 0.05) is 20.2 Å². The number of β-amino-alcohol motifs (C(OH)–C–C–N with tert-alkyl or cyclic N) is 1. The standard InChI is InChI=1S/C15H27NO4/c1-11-5-8-16(9-13(11)20-2)10-15(19)6-3-12(4-7-15)14(17)18/h11-13,19H,3-10H2,1-2H3,(H,17,18). The van der Waals surface area contributed by atoms with Crippen molar-refractivity contribution >= 4 is 5.97 Å². The molecule has 2 fully saturated rings. The Morgan fingerprint density at radius 3 is 2.55 bits per heavy atom. The van der Waals surface area contributed by atoms with Crippen LogP contribution in [-0.4, -0.2) is 59.5 Å². The van der Waals surface area contributed by atoms with Gasteiger partial charge in [-0.25, -0.2) is 0 Å². The van der Waals surface area contributed by atoms with E-state index in [9.17, 15) is 9.90 Å². The molecule has 0 aromatic rings. The van der Waals surface area contributed by atoms with E-state index in [1.54, 1.807) is 7.11 Å². The molecule has 20 heavy (non-hydrogen) atoms. The number of carboxylic acids is 1. The molecular formula is C15H27NO4. The van der Waals surface area contributed by atoms with Gasteiger partial charge in [0.2, 0.25) is 0 Å². The molecule has 5 nitrogen and oxygen atoms in total. The molecule has 0 aromatic heterocycles. The summed E-state index contributed by atoms with van der Waals surface area (Å²) < 4.78 is 5.50. The number of hydrogen-bond acceptors (Lipinski definition) is 4. The number of aliphatic carboxylic acids is 1. The normalized spacial score (nSPS) is 39.6. The van der Waals surface area contributed by atoms with Crippen LogP contribution in [0.15, 0.2) is 0 Å². The van der Waals surface area contributed by atoms with Gasteiger partial charge in [-0.3, -0.25) is 9.69 Å². The molecule has 0 amide bonds. The number of methoxy groups -OCH3 is 1. The third kappa shape index (κ3) is 3.71. The van der Waals surface area contributed by atoms with Gasteiger partial charge in [-0.15, -0.1) is 0 Å². The number of piperidine rings is 1. The quantitative estimate of drug-likeness (QED) is 0.816. The van der Waals surface area contributed by atoms with Crippen LogP contribution < -0.4 is 0 Å². The third-order valence-corrected chi connectivity index (χ3v) is 5.06. The van der Waals surface area contributed by atoms with Crippen molar-refractivity contribution in [3.05, 3.63) is 0 Å². The molecule has 2 rings (SSSR count). The van der Waals surface area contributed by atoms with Crippen LogP contribution in [0.4, 0.5) is 0 Å². The fourth-order valence-electron chi connectivity index (χ4n) is 3.52. The first-order chi connectivity index (χ1) is 9.43. The second-order valence-corrected chi connectivity index (χ2v) is 6.61. The Bertz CT molecular complexity index is 339. The lowest BCUT2D eigenvalue weighted by atomic mass is 9.78. The van der Waals surface area contributed by atoms with Crippen molar-refractivity contribution in [2.45, 2.75) is 50.7 Å². The van der Waals surface area contributed by atoms with Crippen molar-refractivity contribution in [2.24, 2.45) is 11.8 Å². The highest BCUT2D eigenvalue weighted by Gasteiger charge is 2.38. The zero-order valence-electron chi connectivity index (χ0n) is 12.5. The average Bonchev–Trinajstić information content (AvgIpc) is 2.41. The molecular weight excluding hydrogens is 258 g/mol. The summed E-state index contributed by atoms with van der Waals surface area (Å²) in [6.45, 7) is 4.71. The third-order valence-electron chi connectivity index (χ3n) is 5.06. The van der Waals surface area contributed by atoms with Gasteiger partial charge in [-0.2, -0.15) is 0 Å². The number of rotatable bonds is 4. The van der Waals surface area contributed by atoms with E-state index in [2.05, 4.69) is 11.8 Å². The first-order valence-electron chi connectivity index (χ1n) is 7.64. The Kier molecular flexibility index (Phi) is 5.04. The maximum Gasteiger partial charge on any atom is 0.306 e. The van der Waals surface area contributed by atoms with Crippen LogP contribution in [0.2, 0.25) is 0 Å². The maximum atomic E-state index is 11.0. The number of likely N-dealkylation sites (tertiary alicyclic amines) is 1. The summed E-state index contributed by atoms with van der Waals surface area (Å²) in [6, 6.07) is 0. The van der Waals surface area contributed by atoms with Crippen LogP contribution in [0, 0.1) is 11.8 Å². The zero-order valence-corrected chi connectivity index (χ0v) is 12.5. The Morgan fingerprint density at radius 1 is 1.35 bits per heavy atom. The lowest BCUT2D eigenvalue weighted by Crippen LogP contribution is -2.52. The van der Waals surface area contributed by atoms with E-state index >= 15 is 0 Å². The highest BCUT2D eigenvalue weighted by Crippen LogP contribution is 2.33. The number of aliphatic hydroxyl groups is 1. The van der Waals surface area contributed by atoms with E-state index in [4.69, 9.17) is 9.84 Å². The monoisotopic (exact) mass is 285 g/mol. The SMILES string of the molecule is COC1CN(CC2(O)CCC(C(=O)O)CC2)CCC1C. The molecule has 0 spiro atoms. The molecule has 1 aliphatic carbocycles. The van der Waals surface area contributed by atoms with Crippen LogP contribution in [0.5, 0.6) is 0 Å². The summed E-state index contributed by atoms with van der Waals surface area (Å²) in [5.41, 5.74) is -0.717. The molecule has 1 heterocycles. The van der Waals surface area contributed by atoms with Gasteiger partial charge >= 0.3 is 5.97 Å². The number of ether oxygens (including phenoxy) is 1. The smallest absolute Gasteiger partial charge is 0.306 e. The highest BCUT2D eigenvalue weighted by atomic mass is 16.5. The number of carbonyl (C=O) groups is 1. The summed E-state index contributed by atoms with van der Waals surface area (Å²) in [5, 5.41) is 19.7. The minimum atomic E-state index is -0.724. The zero-order chi connectivity index (χ0) is 14.8. The van der Waals surface area contributed by atoms with E-state index in [0.717, 1.165) is 19.5 Å².